The van der Waals surface area contributed by atoms with Crippen LogP contribution in [0.3, 0.4) is 0 Å². The predicted octanol–water partition coefficient (Wildman–Crippen LogP) is 10.2. The average Bonchev–Trinajstić information content (AvgIpc) is 3.25. The van der Waals surface area contributed by atoms with Crippen molar-refractivity contribution in [3.05, 3.63) is 82.1 Å². The highest BCUT2D eigenvalue weighted by atomic mass is 35.5. The van der Waals surface area contributed by atoms with Gasteiger partial charge in [0.2, 0.25) is 0 Å². The molecule has 2 aliphatic carbocycles. The Bertz CT molecular complexity index is 1120. The molecule has 4 atom stereocenters. The lowest BCUT2D eigenvalue weighted by Gasteiger charge is -2.23. The van der Waals surface area contributed by atoms with E-state index in [4.69, 9.17) is 11.6 Å². The molecule has 0 amide bonds. The van der Waals surface area contributed by atoms with Gasteiger partial charge in [0.05, 0.1) is 6.54 Å². The van der Waals surface area contributed by atoms with Gasteiger partial charge < -0.3 is 5.32 Å². The highest BCUT2D eigenvalue weighted by Gasteiger charge is 2.28. The Kier molecular flexibility index (Phi) is 13.8. The molecule has 0 spiro atoms. The number of benzene rings is 1. The number of nitrogens with one attached hydrogen (secondary N) is 1. The van der Waals surface area contributed by atoms with Gasteiger partial charge in [-0.1, -0.05) is 94.5 Å². The van der Waals surface area contributed by atoms with Crippen LogP contribution in [0, 0.1) is 17.8 Å². The average molecular weight is 562 g/mol. The second-order valence-corrected chi connectivity index (χ2v) is 12.6. The molecule has 1 saturated carbocycles. The summed E-state index contributed by atoms with van der Waals surface area (Å²) in [6, 6.07) is 6.59. The van der Waals surface area contributed by atoms with Gasteiger partial charge >= 0.3 is 0 Å². The Labute approximate surface area is 249 Å². The second kappa shape index (κ2) is 17.0. The Morgan fingerprint density at radius 3 is 2.70 bits per heavy atom. The van der Waals surface area contributed by atoms with Crippen molar-refractivity contribution < 1.29 is 4.79 Å². The van der Waals surface area contributed by atoms with Crippen LogP contribution in [0.15, 0.2) is 66.0 Å². The number of unbranched alkanes of at least 4 members (excludes halogenated alkanes) is 1. The predicted molar refractivity (Wildman–Crippen MR) is 174 cm³/mol. The molecular weight excluding hydrogens is 510 g/mol. The van der Waals surface area contributed by atoms with E-state index in [-0.39, 0.29) is 5.92 Å². The summed E-state index contributed by atoms with van der Waals surface area (Å²) >= 11 is 6.31. The molecule has 0 aromatic heterocycles. The Morgan fingerprint density at radius 2 is 1.95 bits per heavy atom. The van der Waals surface area contributed by atoms with E-state index in [0.717, 1.165) is 68.4 Å². The fourth-order valence-electron chi connectivity index (χ4n) is 6.45. The lowest BCUT2D eigenvalue weighted by atomic mass is 9.89. The van der Waals surface area contributed by atoms with Gasteiger partial charge in [-0.15, -0.1) is 5.73 Å². The summed E-state index contributed by atoms with van der Waals surface area (Å²) in [6.07, 6.45) is 22.1. The number of Topliss-reactive ketones (excluding diaryl/α,β-unsaturated/α-hetero) is 1. The van der Waals surface area contributed by atoms with Gasteiger partial charge in [-0.2, -0.15) is 0 Å². The second-order valence-electron chi connectivity index (χ2n) is 12.1. The van der Waals surface area contributed by atoms with Crippen molar-refractivity contribution >= 4 is 23.0 Å². The molecule has 2 aliphatic rings. The topological polar surface area (TPSA) is 29.1 Å². The number of carbonyl (C=O) groups is 1. The van der Waals surface area contributed by atoms with Gasteiger partial charge in [-0.25, -0.2) is 0 Å². The lowest BCUT2D eigenvalue weighted by molar-refractivity contribution is -0.122. The number of aryl methyl sites for hydroxylation is 1. The van der Waals surface area contributed by atoms with Crippen LogP contribution in [0.1, 0.15) is 109 Å². The first-order valence-electron chi connectivity index (χ1n) is 15.9. The highest BCUT2D eigenvalue weighted by Crippen LogP contribution is 2.32. The van der Waals surface area contributed by atoms with Crippen molar-refractivity contribution in [3.63, 3.8) is 0 Å². The molecule has 218 valence electrons. The molecule has 2 unspecified atom stereocenters. The number of allylic oxidation sites excluding steroid dienone is 6. The highest BCUT2D eigenvalue weighted by molar-refractivity contribution is 6.30. The maximum Gasteiger partial charge on any atom is 0.149 e. The third-order valence-electron chi connectivity index (χ3n) is 9.00. The molecule has 1 aromatic rings. The molecule has 0 bridgehead atoms. The third kappa shape index (κ3) is 10.1. The standard InChI is InChI=1S/C37H52ClNO/c1-6-12-32(15-9-8-13-28(5)30-16-10-14-29(7-2)19-20-30)37(40)26-39-36-18-11-17-31(36)21-22-33-25-34(38)23-24-35(33)27(3)4/h10,14,19-20,23-25,28,31-32,36,39H,3,6-9,11-13,15,17-18,21-22,26H2,1-2,4-5H3/t28?,31-,32?,36-/m0/s1. The quantitative estimate of drug-likeness (QED) is 0.151. The van der Waals surface area contributed by atoms with Gasteiger partial charge in [0, 0.05) is 17.0 Å². The molecule has 2 nitrogen and oxygen atoms in total. The molecule has 0 saturated heterocycles. The SMILES string of the molecule is C=C(C)c1ccc(Cl)cc1CC[C@@H]1CCC[C@@H]1NCC(=O)C(CCC)CCCCC(C)C1=C=CC=C(CC)C=C1. The molecule has 3 rings (SSSR count). The van der Waals surface area contributed by atoms with Crippen molar-refractivity contribution in [3.8, 4) is 0 Å². The Morgan fingerprint density at radius 1 is 1.15 bits per heavy atom. The van der Waals surface area contributed by atoms with Gasteiger partial charge in [0.1, 0.15) is 5.78 Å². The molecule has 0 radical (unpaired) electrons. The van der Waals surface area contributed by atoms with Gasteiger partial charge in [0.25, 0.3) is 0 Å². The van der Waals surface area contributed by atoms with E-state index < -0.39 is 0 Å². The van der Waals surface area contributed by atoms with Crippen molar-refractivity contribution in [2.75, 3.05) is 6.54 Å². The summed E-state index contributed by atoms with van der Waals surface area (Å²) in [5.41, 5.74) is 9.72. The van der Waals surface area contributed by atoms with Crippen LogP contribution in [0.5, 0.6) is 0 Å². The summed E-state index contributed by atoms with van der Waals surface area (Å²) in [7, 11) is 0. The fraction of sp³-hybridized carbons (Fsp3) is 0.568. The zero-order valence-corrected chi connectivity index (χ0v) is 26.3. The van der Waals surface area contributed by atoms with E-state index >= 15 is 0 Å². The van der Waals surface area contributed by atoms with Crippen LogP contribution < -0.4 is 5.32 Å². The van der Waals surface area contributed by atoms with Gasteiger partial charge in [0.15, 0.2) is 0 Å². The van der Waals surface area contributed by atoms with Crippen molar-refractivity contribution in [2.24, 2.45) is 17.8 Å². The first-order valence-corrected chi connectivity index (χ1v) is 16.2. The molecule has 0 heterocycles. The fourth-order valence-corrected chi connectivity index (χ4v) is 6.65. The molecule has 40 heavy (non-hydrogen) atoms. The zero-order chi connectivity index (χ0) is 28.9. The lowest BCUT2D eigenvalue weighted by Crippen LogP contribution is -2.38. The molecular formula is C37H52ClNO. The van der Waals surface area contributed by atoms with Gasteiger partial charge in [-0.05, 0) is 111 Å². The molecule has 0 aliphatic heterocycles. The Balaban J connectivity index is 1.43. The molecule has 1 aromatic carbocycles. The summed E-state index contributed by atoms with van der Waals surface area (Å²) in [6.45, 7) is 13.4. The number of halogens is 1. The summed E-state index contributed by atoms with van der Waals surface area (Å²) in [4.78, 5) is 13.3. The number of hydrogen-bond acceptors (Lipinski definition) is 2. The summed E-state index contributed by atoms with van der Waals surface area (Å²) in [5.74, 6) is 1.71. The first-order chi connectivity index (χ1) is 19.3. The maximum atomic E-state index is 13.3. The van der Waals surface area contributed by atoms with Crippen molar-refractivity contribution in [1.82, 2.24) is 5.32 Å². The number of ketones is 1. The van der Waals surface area contributed by atoms with Crippen LogP contribution in [0.25, 0.3) is 5.57 Å². The largest absolute Gasteiger partial charge is 0.307 e. The zero-order valence-electron chi connectivity index (χ0n) is 25.5. The minimum atomic E-state index is 0.186. The van der Waals surface area contributed by atoms with Crippen LogP contribution in [0.2, 0.25) is 5.02 Å². The van der Waals surface area contributed by atoms with E-state index in [0.29, 0.717) is 30.2 Å². The first kappa shape index (κ1) is 32.4. The van der Waals surface area contributed by atoms with Crippen LogP contribution in [-0.2, 0) is 11.2 Å². The molecule has 1 fully saturated rings. The third-order valence-corrected chi connectivity index (χ3v) is 9.24. The smallest absolute Gasteiger partial charge is 0.149 e. The Hall–Kier alpha value is -2.12. The molecule has 1 N–H and O–H groups in total. The number of carbonyl (C=O) groups excluding carboxylic acids is 1. The van der Waals surface area contributed by atoms with Gasteiger partial charge in [-0.3, -0.25) is 4.79 Å². The van der Waals surface area contributed by atoms with E-state index in [1.807, 2.05) is 6.07 Å². The van der Waals surface area contributed by atoms with Crippen LogP contribution in [0.4, 0.5) is 0 Å². The monoisotopic (exact) mass is 561 g/mol. The van der Waals surface area contributed by atoms with E-state index in [2.05, 4.69) is 81.8 Å². The van der Waals surface area contributed by atoms with Crippen LogP contribution in [-0.4, -0.2) is 18.4 Å². The van der Waals surface area contributed by atoms with Crippen LogP contribution >= 0.6 is 11.6 Å². The van der Waals surface area contributed by atoms with E-state index in [1.54, 1.807) is 0 Å². The van der Waals surface area contributed by atoms with Crippen molar-refractivity contribution in [2.45, 2.75) is 111 Å². The van der Waals surface area contributed by atoms with E-state index in [9.17, 15) is 4.79 Å². The van der Waals surface area contributed by atoms with E-state index in [1.165, 1.54) is 41.5 Å². The minimum Gasteiger partial charge on any atom is -0.307 e. The van der Waals surface area contributed by atoms with Crippen molar-refractivity contribution in [1.29, 1.82) is 0 Å². The summed E-state index contributed by atoms with van der Waals surface area (Å²) in [5, 5.41) is 4.49. The summed E-state index contributed by atoms with van der Waals surface area (Å²) < 4.78 is 0. The number of rotatable bonds is 17. The molecule has 3 heteroatoms. The number of hydrogen-bond donors (Lipinski definition) is 1. The minimum absolute atomic E-state index is 0.186. The normalized spacial score (nSPS) is 20.1. The maximum absolute atomic E-state index is 13.3.